The van der Waals surface area contributed by atoms with Crippen LogP contribution < -0.4 is 15.8 Å². The summed E-state index contributed by atoms with van der Waals surface area (Å²) < 4.78 is 5.54. The lowest BCUT2D eigenvalue weighted by Crippen LogP contribution is -2.31. The Labute approximate surface area is 126 Å². The fourth-order valence-corrected chi connectivity index (χ4v) is 2.91. The van der Waals surface area contributed by atoms with Crippen LogP contribution in [0.5, 0.6) is 5.75 Å². The SMILES string of the molecule is Nc1ccc(OCCC(=O)NCC(C2CC2)C2CC2)cc1. The van der Waals surface area contributed by atoms with E-state index in [4.69, 9.17) is 10.5 Å². The topological polar surface area (TPSA) is 64.3 Å². The Bertz CT molecular complexity index is 466. The van der Waals surface area contributed by atoms with Gasteiger partial charge in [-0.2, -0.15) is 0 Å². The molecular weight excluding hydrogens is 264 g/mol. The smallest absolute Gasteiger partial charge is 0.223 e. The molecule has 1 aromatic rings. The molecule has 2 saturated carbocycles. The summed E-state index contributed by atoms with van der Waals surface area (Å²) in [5, 5.41) is 3.08. The third-order valence-electron chi connectivity index (χ3n) is 4.47. The van der Waals surface area contributed by atoms with E-state index in [0.29, 0.717) is 18.7 Å². The third-order valence-corrected chi connectivity index (χ3v) is 4.47. The maximum absolute atomic E-state index is 11.9. The molecule has 0 aliphatic heterocycles. The first-order valence-electron chi connectivity index (χ1n) is 7.97. The summed E-state index contributed by atoms with van der Waals surface area (Å²) in [5.41, 5.74) is 6.32. The molecule has 3 N–H and O–H groups in total. The summed E-state index contributed by atoms with van der Waals surface area (Å²) in [5.74, 6) is 3.34. The molecule has 0 bridgehead atoms. The van der Waals surface area contributed by atoms with Crippen LogP contribution in [0, 0.1) is 17.8 Å². The molecule has 21 heavy (non-hydrogen) atoms. The lowest BCUT2D eigenvalue weighted by Gasteiger charge is -2.16. The van der Waals surface area contributed by atoms with E-state index in [2.05, 4.69) is 5.32 Å². The van der Waals surface area contributed by atoms with E-state index in [9.17, 15) is 4.79 Å². The molecule has 0 radical (unpaired) electrons. The van der Waals surface area contributed by atoms with Crippen molar-refractivity contribution in [3.05, 3.63) is 24.3 Å². The first-order chi connectivity index (χ1) is 10.2. The molecule has 4 heteroatoms. The van der Waals surface area contributed by atoms with Crippen LogP contribution in [0.2, 0.25) is 0 Å². The number of nitrogen functional groups attached to an aromatic ring is 1. The molecule has 0 saturated heterocycles. The van der Waals surface area contributed by atoms with Gasteiger partial charge < -0.3 is 15.8 Å². The van der Waals surface area contributed by atoms with E-state index in [1.165, 1.54) is 25.7 Å². The van der Waals surface area contributed by atoms with Crippen molar-refractivity contribution < 1.29 is 9.53 Å². The van der Waals surface area contributed by atoms with Gasteiger partial charge in [-0.1, -0.05) is 0 Å². The lowest BCUT2D eigenvalue weighted by atomic mass is 9.98. The van der Waals surface area contributed by atoms with Gasteiger partial charge in [0.1, 0.15) is 5.75 Å². The van der Waals surface area contributed by atoms with Gasteiger partial charge in [0.15, 0.2) is 0 Å². The number of hydrogen-bond acceptors (Lipinski definition) is 3. The molecular formula is C17H24N2O2. The van der Waals surface area contributed by atoms with E-state index in [0.717, 1.165) is 30.0 Å². The van der Waals surface area contributed by atoms with Crippen molar-refractivity contribution in [1.29, 1.82) is 0 Å². The van der Waals surface area contributed by atoms with Crippen molar-refractivity contribution in [2.75, 3.05) is 18.9 Å². The largest absolute Gasteiger partial charge is 0.493 e. The highest BCUT2D eigenvalue weighted by Gasteiger charge is 2.41. The van der Waals surface area contributed by atoms with E-state index in [1.54, 1.807) is 12.1 Å². The summed E-state index contributed by atoms with van der Waals surface area (Å²) in [7, 11) is 0. The predicted molar refractivity (Wildman–Crippen MR) is 82.9 cm³/mol. The van der Waals surface area contributed by atoms with Crippen LogP contribution in [0.3, 0.4) is 0 Å². The first kappa shape index (κ1) is 14.2. The van der Waals surface area contributed by atoms with E-state index in [1.807, 2.05) is 12.1 Å². The third kappa shape index (κ3) is 4.38. The zero-order valence-electron chi connectivity index (χ0n) is 12.4. The van der Waals surface area contributed by atoms with Crippen molar-refractivity contribution in [2.24, 2.45) is 17.8 Å². The van der Waals surface area contributed by atoms with Crippen LogP contribution in [0.1, 0.15) is 32.1 Å². The van der Waals surface area contributed by atoms with Gasteiger partial charge in [-0.15, -0.1) is 0 Å². The van der Waals surface area contributed by atoms with Crippen molar-refractivity contribution >= 4 is 11.6 Å². The normalized spacial score (nSPS) is 17.8. The molecule has 2 aliphatic rings. The average Bonchev–Trinajstić information content (AvgIpc) is 3.35. The molecule has 114 valence electrons. The molecule has 0 atom stereocenters. The van der Waals surface area contributed by atoms with Crippen molar-refractivity contribution in [3.63, 3.8) is 0 Å². The maximum atomic E-state index is 11.9. The van der Waals surface area contributed by atoms with Gasteiger partial charge >= 0.3 is 0 Å². The number of rotatable bonds is 8. The molecule has 2 fully saturated rings. The molecule has 3 rings (SSSR count). The van der Waals surface area contributed by atoms with Crippen LogP contribution in [0.15, 0.2) is 24.3 Å². The Morgan fingerprint density at radius 3 is 2.38 bits per heavy atom. The Morgan fingerprint density at radius 1 is 1.19 bits per heavy atom. The minimum absolute atomic E-state index is 0.0942. The Hall–Kier alpha value is -1.71. The fourth-order valence-electron chi connectivity index (χ4n) is 2.91. The quantitative estimate of drug-likeness (QED) is 0.723. The average molecular weight is 288 g/mol. The van der Waals surface area contributed by atoms with E-state index in [-0.39, 0.29) is 5.91 Å². The first-order valence-corrected chi connectivity index (χ1v) is 7.97. The molecule has 4 nitrogen and oxygen atoms in total. The van der Waals surface area contributed by atoms with Gasteiger partial charge in [-0.25, -0.2) is 0 Å². The highest BCUT2D eigenvalue weighted by molar-refractivity contribution is 5.76. The summed E-state index contributed by atoms with van der Waals surface area (Å²) in [6, 6.07) is 7.24. The highest BCUT2D eigenvalue weighted by atomic mass is 16.5. The maximum Gasteiger partial charge on any atom is 0.223 e. The van der Waals surface area contributed by atoms with Gasteiger partial charge in [0, 0.05) is 12.2 Å². The number of amides is 1. The van der Waals surface area contributed by atoms with Crippen LogP contribution in [-0.2, 0) is 4.79 Å². The molecule has 1 aromatic carbocycles. The van der Waals surface area contributed by atoms with Gasteiger partial charge in [0.25, 0.3) is 0 Å². The van der Waals surface area contributed by atoms with E-state index >= 15 is 0 Å². The van der Waals surface area contributed by atoms with Gasteiger partial charge in [-0.05, 0) is 67.7 Å². The Morgan fingerprint density at radius 2 is 1.81 bits per heavy atom. The number of nitrogens with two attached hydrogens (primary N) is 1. The second-order valence-electron chi connectivity index (χ2n) is 6.31. The fraction of sp³-hybridized carbons (Fsp3) is 0.588. The Balaban J connectivity index is 1.33. The highest BCUT2D eigenvalue weighted by Crippen LogP contribution is 2.48. The minimum atomic E-state index is 0.0942. The molecule has 0 heterocycles. The predicted octanol–water partition coefficient (Wildman–Crippen LogP) is 2.59. The summed E-state index contributed by atoms with van der Waals surface area (Å²) in [6.07, 6.45) is 5.84. The zero-order chi connectivity index (χ0) is 14.7. The van der Waals surface area contributed by atoms with E-state index < -0.39 is 0 Å². The number of ether oxygens (including phenoxy) is 1. The van der Waals surface area contributed by atoms with Crippen LogP contribution >= 0.6 is 0 Å². The number of hydrogen-bond donors (Lipinski definition) is 2. The molecule has 2 aliphatic carbocycles. The van der Waals surface area contributed by atoms with Crippen LogP contribution in [-0.4, -0.2) is 19.1 Å². The number of anilines is 1. The summed E-state index contributed by atoms with van der Waals surface area (Å²) in [4.78, 5) is 11.9. The minimum Gasteiger partial charge on any atom is -0.493 e. The van der Waals surface area contributed by atoms with Gasteiger partial charge in [-0.3, -0.25) is 4.79 Å². The zero-order valence-corrected chi connectivity index (χ0v) is 12.4. The molecule has 0 unspecified atom stereocenters. The lowest BCUT2D eigenvalue weighted by molar-refractivity contribution is -0.121. The monoisotopic (exact) mass is 288 g/mol. The van der Waals surface area contributed by atoms with Crippen molar-refractivity contribution in [3.8, 4) is 5.75 Å². The standard InChI is InChI=1S/C17H24N2O2/c18-14-5-7-15(8-6-14)21-10-9-17(20)19-11-16(12-1-2-12)13-3-4-13/h5-8,12-13,16H,1-4,9-11,18H2,(H,19,20). The second-order valence-corrected chi connectivity index (χ2v) is 6.31. The number of carbonyl (C=O) groups excluding carboxylic acids is 1. The number of benzene rings is 1. The van der Waals surface area contributed by atoms with Crippen LogP contribution in [0.4, 0.5) is 5.69 Å². The molecule has 0 aromatic heterocycles. The second kappa shape index (κ2) is 6.37. The summed E-state index contributed by atoms with van der Waals surface area (Å²) in [6.45, 7) is 1.27. The Kier molecular flexibility index (Phi) is 4.32. The number of nitrogens with one attached hydrogen (secondary N) is 1. The number of carbonyl (C=O) groups is 1. The summed E-state index contributed by atoms with van der Waals surface area (Å²) >= 11 is 0. The molecule has 0 spiro atoms. The van der Waals surface area contributed by atoms with Gasteiger partial charge in [0.05, 0.1) is 13.0 Å². The van der Waals surface area contributed by atoms with Crippen LogP contribution in [0.25, 0.3) is 0 Å². The van der Waals surface area contributed by atoms with Crippen molar-refractivity contribution in [2.45, 2.75) is 32.1 Å². The van der Waals surface area contributed by atoms with Gasteiger partial charge in [0.2, 0.25) is 5.91 Å². The molecule has 1 amide bonds. The van der Waals surface area contributed by atoms with Crippen molar-refractivity contribution in [1.82, 2.24) is 5.32 Å².